The standard InChI is InChI=1S/C32H16N8.2C8H11F3O2.Zr/c1-2-10-18-17(9-1)25-33-26(18)38-28-21-13-5-6-14-22(21)30(35-28)40-32-24-16-8-7-15-23(24)31(36-32)39-29-20-12-4-3-11-19(20)27(34-29)37-25;2*1-7(2,3)5(12)4-6(13)8(9,10)11;/h1-16H;2*4,13H,1-3H3;/q-2;;;+2/b;2*6-4-;. The quantitative estimate of drug-likeness (QED) is 0.0952. The normalized spacial score (nSPS) is 12.8. The van der Waals surface area contributed by atoms with E-state index in [1.807, 2.05) is 97.1 Å². The average molecular weight is 996 g/mol. The van der Waals surface area contributed by atoms with Crippen LogP contribution in [0.4, 0.5) is 26.3 Å². The van der Waals surface area contributed by atoms with Crippen LogP contribution in [-0.4, -0.2) is 64.0 Å². The van der Waals surface area contributed by atoms with E-state index in [1.54, 1.807) is 0 Å². The van der Waals surface area contributed by atoms with Crippen molar-refractivity contribution in [2.75, 3.05) is 0 Å². The molecule has 5 heterocycles. The van der Waals surface area contributed by atoms with Crippen molar-refractivity contribution in [3.63, 3.8) is 0 Å². The van der Waals surface area contributed by atoms with Crippen molar-refractivity contribution in [2.24, 2.45) is 10.8 Å². The predicted octanol–water partition coefficient (Wildman–Crippen LogP) is 11.3. The Kier molecular flexibility index (Phi) is 13.9. The maximum absolute atomic E-state index is 11.7. The monoisotopic (exact) mass is 994 g/mol. The number of alkyl halides is 6. The van der Waals surface area contributed by atoms with E-state index in [1.165, 1.54) is 41.5 Å². The molecule has 2 N–H and O–H groups in total. The van der Waals surface area contributed by atoms with Gasteiger partial charge in [-0.15, -0.1) is 0 Å². The van der Waals surface area contributed by atoms with Gasteiger partial charge in [0.25, 0.3) is 0 Å². The number of fused-ring (bicyclic) bond motifs is 20. The molecule has 3 aromatic heterocycles. The molecular weight excluding hydrogens is 958 g/mol. The minimum Gasteiger partial charge on any atom is -0.504 e. The summed E-state index contributed by atoms with van der Waals surface area (Å²) >= 11 is 0. The van der Waals surface area contributed by atoms with Gasteiger partial charge in [-0.1, -0.05) is 139 Å². The van der Waals surface area contributed by atoms with E-state index in [0.717, 1.165) is 43.8 Å². The number of halogens is 6. The molecular formula is C48H38F6N8O4Zr. The zero-order chi connectivity index (χ0) is 47.9. The van der Waals surface area contributed by atoms with E-state index >= 15 is 0 Å². The van der Waals surface area contributed by atoms with E-state index < -0.39 is 46.3 Å². The number of carbonyl (C=O) groups excluding carboxylic acids is 2. The molecule has 67 heavy (non-hydrogen) atoms. The van der Waals surface area contributed by atoms with Gasteiger partial charge in [-0.2, -0.15) is 26.3 Å². The van der Waals surface area contributed by atoms with Crippen molar-refractivity contribution in [3.05, 3.63) is 121 Å². The van der Waals surface area contributed by atoms with Crippen LogP contribution in [0.1, 0.15) is 41.5 Å². The molecule has 0 unspecified atom stereocenters. The molecule has 7 aromatic rings. The minimum atomic E-state index is -4.85. The summed E-state index contributed by atoms with van der Waals surface area (Å²) in [7, 11) is 0. The molecule has 0 aliphatic carbocycles. The second kappa shape index (κ2) is 18.8. The molecule has 0 atom stereocenters. The van der Waals surface area contributed by atoms with Gasteiger partial charge in [-0.25, -0.2) is 9.97 Å². The zero-order valence-electron chi connectivity index (χ0n) is 36.4. The first kappa shape index (κ1) is 49.6. The Balaban J connectivity index is 0.000000229. The first-order valence-electron chi connectivity index (χ1n) is 20.0. The van der Waals surface area contributed by atoms with Crippen molar-refractivity contribution < 1.29 is 72.3 Å². The number of benzene rings is 4. The van der Waals surface area contributed by atoms with Crippen LogP contribution >= 0.6 is 0 Å². The number of aliphatic hydroxyl groups is 2. The molecule has 0 amide bonds. The average Bonchev–Trinajstić information content (AvgIpc) is 3.99. The van der Waals surface area contributed by atoms with Crippen molar-refractivity contribution in [1.82, 2.24) is 39.9 Å². The van der Waals surface area contributed by atoms with Crippen LogP contribution in [0.25, 0.3) is 89.7 Å². The van der Waals surface area contributed by atoms with E-state index in [0.29, 0.717) is 45.9 Å². The number of allylic oxidation sites excluding steroid dienone is 4. The van der Waals surface area contributed by atoms with Crippen LogP contribution in [0, 0.1) is 10.8 Å². The Morgan fingerprint density at radius 2 is 0.657 bits per heavy atom. The number of hydrogen-bond donors (Lipinski definition) is 2. The summed E-state index contributed by atoms with van der Waals surface area (Å²) in [5.41, 5.74) is 3.95. The molecule has 340 valence electrons. The molecule has 0 saturated carbocycles. The molecule has 0 fully saturated rings. The molecule has 19 heteroatoms. The second-order valence-electron chi connectivity index (χ2n) is 16.9. The van der Waals surface area contributed by atoms with E-state index in [9.17, 15) is 35.9 Å². The molecule has 0 saturated heterocycles. The van der Waals surface area contributed by atoms with Gasteiger partial charge in [-0.3, -0.25) is 9.59 Å². The third-order valence-corrected chi connectivity index (χ3v) is 9.92. The van der Waals surface area contributed by atoms with Crippen molar-refractivity contribution >= 4 is 55.7 Å². The van der Waals surface area contributed by atoms with Gasteiger partial charge >= 0.3 is 38.6 Å². The number of aliphatic hydroxyl groups excluding tert-OH is 2. The van der Waals surface area contributed by atoms with Crippen LogP contribution in [0.2, 0.25) is 0 Å². The fourth-order valence-corrected chi connectivity index (χ4v) is 6.30. The number of carbonyl (C=O) groups is 2. The van der Waals surface area contributed by atoms with Crippen LogP contribution in [-0.2, 0) is 35.8 Å². The summed E-state index contributed by atoms with van der Waals surface area (Å²) < 4.78 is 70.4. The Bertz CT molecular complexity index is 2920. The van der Waals surface area contributed by atoms with Crippen LogP contribution < -0.4 is 9.97 Å². The van der Waals surface area contributed by atoms with Crippen molar-refractivity contribution in [2.45, 2.75) is 53.9 Å². The molecule has 9 rings (SSSR count). The van der Waals surface area contributed by atoms with Crippen molar-refractivity contribution in [1.29, 1.82) is 0 Å². The van der Waals surface area contributed by atoms with Crippen LogP contribution in [0.5, 0.6) is 0 Å². The van der Waals surface area contributed by atoms with E-state index in [4.69, 9.17) is 50.1 Å². The predicted molar refractivity (Wildman–Crippen MR) is 236 cm³/mol. The van der Waals surface area contributed by atoms with Crippen LogP contribution in [0.3, 0.4) is 0 Å². The van der Waals surface area contributed by atoms with Gasteiger partial charge in [0.1, 0.15) is 0 Å². The van der Waals surface area contributed by atoms with Gasteiger partial charge in [-0.05, 0) is 21.5 Å². The summed E-state index contributed by atoms with van der Waals surface area (Å²) in [6.45, 7) is 8.81. The van der Waals surface area contributed by atoms with Gasteiger partial charge in [0, 0.05) is 67.8 Å². The fraction of sp³-hybridized carbons (Fsp3) is 0.208. The third kappa shape index (κ3) is 10.9. The topological polar surface area (TPSA) is 180 Å². The summed E-state index contributed by atoms with van der Waals surface area (Å²) in [6.07, 6.45) is -9.28. The van der Waals surface area contributed by atoms with Crippen molar-refractivity contribution in [3.8, 4) is 45.6 Å². The largest absolute Gasteiger partial charge is 2.00 e. The molecule has 2 aliphatic rings. The summed E-state index contributed by atoms with van der Waals surface area (Å²) in [4.78, 5) is 61.2. The molecule has 2 aliphatic heterocycles. The first-order valence-corrected chi connectivity index (χ1v) is 20.0. The smallest absolute Gasteiger partial charge is 0.504 e. The van der Waals surface area contributed by atoms with Gasteiger partial charge < -0.3 is 40.1 Å². The Hall–Kier alpha value is -6.88. The Labute approximate surface area is 397 Å². The second-order valence-corrected chi connectivity index (χ2v) is 16.9. The van der Waals surface area contributed by atoms with Gasteiger partial charge in [0.05, 0.1) is 23.3 Å². The van der Waals surface area contributed by atoms with E-state index in [2.05, 4.69) is 0 Å². The molecule has 8 bridgehead atoms. The minimum absolute atomic E-state index is 0. The number of hydrogen-bond acceptors (Lipinski definition) is 10. The summed E-state index contributed by atoms with van der Waals surface area (Å²) in [6, 6.07) is 31.8. The molecule has 4 aromatic carbocycles. The third-order valence-electron chi connectivity index (χ3n) is 9.92. The summed E-state index contributed by atoms with van der Waals surface area (Å²) in [5.74, 6) is -3.02. The number of nitrogens with zero attached hydrogens (tertiary/aromatic N) is 8. The fourth-order valence-electron chi connectivity index (χ4n) is 6.30. The zero-order valence-corrected chi connectivity index (χ0v) is 38.9. The summed E-state index contributed by atoms with van der Waals surface area (Å²) in [5, 5.41) is 20.4. The molecule has 0 spiro atoms. The van der Waals surface area contributed by atoms with Gasteiger partial charge in [0.15, 0.2) is 11.6 Å². The first-order chi connectivity index (χ1) is 30.9. The molecule has 0 radical (unpaired) electrons. The number of rotatable bonds is 2. The van der Waals surface area contributed by atoms with Crippen LogP contribution in [0.15, 0.2) is 121 Å². The molecule has 12 nitrogen and oxygen atoms in total. The SMILES string of the molecule is CC(C)(C)C(=O)/C=C(\O)C(F)(F)F.CC(C)(C)C(=O)/C=C(\O)C(F)(F)F.[Zr+2].c1ccc2c(c1)-c1nc-2nc2[n-]c(nc3nc(nc4[n-]c(n1)c1ccccc41)-c1ccccc1-3)c1ccccc21. The maximum atomic E-state index is 11.7. The Morgan fingerprint density at radius 1 is 0.433 bits per heavy atom. The van der Waals surface area contributed by atoms with Gasteiger partial charge in [0.2, 0.25) is 11.5 Å². The number of ketones is 2. The number of aromatic nitrogens is 8. The Morgan fingerprint density at radius 3 is 0.866 bits per heavy atom. The van der Waals surface area contributed by atoms with E-state index in [-0.39, 0.29) is 38.4 Å². The maximum Gasteiger partial charge on any atom is 2.00 e.